The molecular weight excluding hydrogens is 326 g/mol. The molecule has 0 unspecified atom stereocenters. The number of aromatic nitrogens is 2. The van der Waals surface area contributed by atoms with Crippen molar-refractivity contribution in [2.75, 3.05) is 24.3 Å². The molecule has 0 radical (unpaired) electrons. The Hall–Kier alpha value is -2.81. The first-order valence-corrected chi connectivity index (χ1v) is 9.04. The zero-order chi connectivity index (χ0) is 18.7. The third kappa shape index (κ3) is 3.72. The Morgan fingerprint density at radius 3 is 2.50 bits per heavy atom. The van der Waals surface area contributed by atoms with Crippen LogP contribution in [0.1, 0.15) is 37.1 Å². The van der Waals surface area contributed by atoms with Gasteiger partial charge in [-0.05, 0) is 30.2 Å². The van der Waals surface area contributed by atoms with Gasteiger partial charge in [-0.25, -0.2) is 4.98 Å². The highest BCUT2D eigenvalue weighted by molar-refractivity contribution is 5.64. The summed E-state index contributed by atoms with van der Waals surface area (Å²) < 4.78 is 1.52. The Bertz CT molecular complexity index is 871. The number of nitrogens with zero attached hydrogens (tertiary/aromatic N) is 4. The van der Waals surface area contributed by atoms with Crippen LogP contribution in [0.25, 0.3) is 0 Å². The van der Waals surface area contributed by atoms with Crippen molar-refractivity contribution in [3.63, 3.8) is 0 Å². The average Bonchev–Trinajstić information content (AvgIpc) is 3.13. The molecule has 1 saturated carbocycles. The quantitative estimate of drug-likeness (QED) is 0.895. The van der Waals surface area contributed by atoms with Crippen LogP contribution >= 0.6 is 0 Å². The van der Waals surface area contributed by atoms with Gasteiger partial charge in [-0.1, -0.05) is 25.7 Å². The van der Waals surface area contributed by atoms with E-state index in [0.717, 1.165) is 23.6 Å². The summed E-state index contributed by atoms with van der Waals surface area (Å²) in [6.07, 6.45) is 5.65. The van der Waals surface area contributed by atoms with Crippen molar-refractivity contribution >= 4 is 17.2 Å². The van der Waals surface area contributed by atoms with Crippen LogP contribution in [0.5, 0.6) is 0 Å². The summed E-state index contributed by atoms with van der Waals surface area (Å²) in [6, 6.07) is 9.82. The standard InChI is InChI=1S/C20H25N5O/c1-24(2)16-10-8-15(9-11-16)22-19-17(13-21)20(26)25(3)18(23-19)12-14-6-4-5-7-14/h8-11,14,22H,4-7,12H2,1-3H3. The number of nitriles is 1. The van der Waals surface area contributed by atoms with Gasteiger partial charge in [-0.3, -0.25) is 9.36 Å². The first kappa shape index (κ1) is 18.0. The number of hydrogen-bond donors (Lipinski definition) is 1. The Kier molecular flexibility index (Phi) is 5.27. The minimum Gasteiger partial charge on any atom is -0.378 e. The molecule has 1 aliphatic carbocycles. The molecule has 0 spiro atoms. The molecule has 1 aromatic heterocycles. The minimum absolute atomic E-state index is 0.0550. The Morgan fingerprint density at radius 2 is 1.92 bits per heavy atom. The van der Waals surface area contributed by atoms with Gasteiger partial charge in [-0.2, -0.15) is 5.26 Å². The van der Waals surface area contributed by atoms with E-state index >= 15 is 0 Å². The van der Waals surface area contributed by atoms with Crippen LogP contribution in [-0.2, 0) is 13.5 Å². The molecule has 0 atom stereocenters. The summed E-state index contributed by atoms with van der Waals surface area (Å²) in [6.45, 7) is 0. The second-order valence-corrected chi connectivity index (χ2v) is 7.15. The summed E-state index contributed by atoms with van der Waals surface area (Å²) >= 11 is 0. The molecular formula is C20H25N5O. The lowest BCUT2D eigenvalue weighted by Gasteiger charge is -2.16. The van der Waals surface area contributed by atoms with E-state index in [9.17, 15) is 10.1 Å². The molecule has 1 heterocycles. The Morgan fingerprint density at radius 1 is 1.27 bits per heavy atom. The largest absolute Gasteiger partial charge is 0.378 e. The maximum Gasteiger partial charge on any atom is 0.273 e. The van der Waals surface area contributed by atoms with Crippen molar-refractivity contribution in [3.05, 3.63) is 46.0 Å². The van der Waals surface area contributed by atoms with Crippen molar-refractivity contribution in [1.82, 2.24) is 9.55 Å². The normalized spacial score (nSPS) is 14.2. The Balaban J connectivity index is 1.92. The average molecular weight is 351 g/mol. The van der Waals surface area contributed by atoms with Gasteiger partial charge in [-0.15, -0.1) is 0 Å². The third-order valence-electron chi connectivity index (χ3n) is 5.09. The smallest absolute Gasteiger partial charge is 0.273 e. The molecule has 136 valence electrons. The maximum atomic E-state index is 12.6. The molecule has 0 saturated heterocycles. The fourth-order valence-corrected chi connectivity index (χ4v) is 3.47. The van der Waals surface area contributed by atoms with Gasteiger partial charge in [0, 0.05) is 38.9 Å². The van der Waals surface area contributed by atoms with Crippen LogP contribution < -0.4 is 15.8 Å². The maximum absolute atomic E-state index is 12.6. The number of nitrogens with one attached hydrogen (secondary N) is 1. The molecule has 0 amide bonds. The molecule has 0 bridgehead atoms. The van der Waals surface area contributed by atoms with Crippen molar-refractivity contribution < 1.29 is 0 Å². The van der Waals surface area contributed by atoms with E-state index in [1.807, 2.05) is 49.3 Å². The molecule has 6 heteroatoms. The van der Waals surface area contributed by atoms with Gasteiger partial charge in [0.05, 0.1) is 0 Å². The molecule has 2 aromatic rings. The molecule has 26 heavy (non-hydrogen) atoms. The van der Waals surface area contributed by atoms with E-state index in [4.69, 9.17) is 0 Å². The highest BCUT2D eigenvalue weighted by Gasteiger charge is 2.20. The fraction of sp³-hybridized carbons (Fsp3) is 0.450. The lowest BCUT2D eigenvalue weighted by Crippen LogP contribution is -2.27. The van der Waals surface area contributed by atoms with Crippen LogP contribution in [0, 0.1) is 17.2 Å². The van der Waals surface area contributed by atoms with Crippen LogP contribution in [0.4, 0.5) is 17.2 Å². The minimum atomic E-state index is -0.289. The molecule has 1 aliphatic rings. The highest BCUT2D eigenvalue weighted by atomic mass is 16.1. The van der Waals surface area contributed by atoms with Gasteiger partial charge >= 0.3 is 0 Å². The second kappa shape index (κ2) is 7.61. The van der Waals surface area contributed by atoms with E-state index in [1.165, 1.54) is 30.3 Å². The molecule has 3 rings (SSSR count). The second-order valence-electron chi connectivity index (χ2n) is 7.15. The van der Waals surface area contributed by atoms with Gasteiger partial charge in [0.2, 0.25) is 0 Å². The summed E-state index contributed by atoms with van der Waals surface area (Å²) in [5.74, 6) is 1.67. The van der Waals surface area contributed by atoms with Gasteiger partial charge < -0.3 is 10.2 Å². The van der Waals surface area contributed by atoms with Crippen LogP contribution in [0.15, 0.2) is 29.1 Å². The fourth-order valence-electron chi connectivity index (χ4n) is 3.47. The molecule has 1 aromatic carbocycles. The zero-order valence-corrected chi connectivity index (χ0v) is 15.6. The van der Waals surface area contributed by atoms with Crippen molar-refractivity contribution in [2.24, 2.45) is 13.0 Å². The van der Waals surface area contributed by atoms with E-state index in [1.54, 1.807) is 7.05 Å². The molecule has 1 fully saturated rings. The monoisotopic (exact) mass is 351 g/mol. The zero-order valence-electron chi connectivity index (χ0n) is 15.6. The van der Waals surface area contributed by atoms with Gasteiger partial charge in [0.1, 0.15) is 11.9 Å². The van der Waals surface area contributed by atoms with Crippen molar-refractivity contribution in [2.45, 2.75) is 32.1 Å². The highest BCUT2D eigenvalue weighted by Crippen LogP contribution is 2.28. The van der Waals surface area contributed by atoms with E-state index < -0.39 is 0 Å². The van der Waals surface area contributed by atoms with E-state index in [0.29, 0.717) is 11.7 Å². The molecule has 6 nitrogen and oxygen atoms in total. The van der Waals surface area contributed by atoms with Crippen LogP contribution in [-0.4, -0.2) is 23.6 Å². The number of anilines is 3. The van der Waals surface area contributed by atoms with E-state index in [-0.39, 0.29) is 11.1 Å². The first-order chi connectivity index (χ1) is 12.5. The predicted molar refractivity (Wildman–Crippen MR) is 104 cm³/mol. The summed E-state index contributed by atoms with van der Waals surface area (Å²) in [5.41, 5.74) is 1.65. The first-order valence-electron chi connectivity index (χ1n) is 9.04. The van der Waals surface area contributed by atoms with E-state index in [2.05, 4.69) is 10.3 Å². The number of hydrogen-bond acceptors (Lipinski definition) is 5. The summed E-state index contributed by atoms with van der Waals surface area (Å²) in [7, 11) is 5.66. The van der Waals surface area contributed by atoms with Crippen molar-refractivity contribution in [3.8, 4) is 6.07 Å². The summed E-state index contributed by atoms with van der Waals surface area (Å²) in [4.78, 5) is 19.3. The van der Waals surface area contributed by atoms with Crippen LogP contribution in [0.3, 0.4) is 0 Å². The van der Waals surface area contributed by atoms with Gasteiger partial charge in [0.15, 0.2) is 11.4 Å². The predicted octanol–water partition coefficient (Wildman–Crippen LogP) is 3.19. The van der Waals surface area contributed by atoms with Crippen molar-refractivity contribution in [1.29, 1.82) is 5.26 Å². The van der Waals surface area contributed by atoms with Gasteiger partial charge in [0.25, 0.3) is 5.56 Å². The topological polar surface area (TPSA) is 74.0 Å². The lowest BCUT2D eigenvalue weighted by molar-refractivity contribution is 0.512. The summed E-state index contributed by atoms with van der Waals surface area (Å²) in [5, 5.41) is 12.6. The lowest BCUT2D eigenvalue weighted by atomic mass is 10.0. The molecule has 1 N–H and O–H groups in total. The molecule has 0 aliphatic heterocycles. The Labute approximate surface area is 154 Å². The number of benzene rings is 1. The SMILES string of the molecule is CN(C)c1ccc(Nc2nc(CC3CCCC3)n(C)c(=O)c2C#N)cc1. The number of rotatable bonds is 5. The van der Waals surface area contributed by atoms with Crippen LogP contribution in [0.2, 0.25) is 0 Å². The third-order valence-corrected chi connectivity index (χ3v) is 5.09.